The maximum absolute atomic E-state index is 13.2. The lowest BCUT2D eigenvalue weighted by molar-refractivity contribution is -0.113. The molecule has 1 aliphatic carbocycles. The highest BCUT2D eigenvalue weighted by atomic mass is 19.1. The monoisotopic (exact) mass is 798 g/mol. The standard InChI is InChI=1S/C39H51N9O4.C4H8FN/c1-28(40-2)20-21-30(25-49)47(27-51)35-19-14-16-29(37(35)46(4)5)15-10-8-6-7-9-13-22-42-39(52)32-17-11-12-18-33(32)44-36-23-34(41-3)38-43-24-31(26-50)48(38)45-36;1-6-4-2-3(4)5/h11-12,14,16-19,23-27,30,40-41H,1,6-10,13,15,20-22H2,2-5H3,(H,42,52)(H,44,45);3-4,6H,2H2,1H3/t;3-,4+/m.0/s1. The third-order valence-electron chi connectivity index (χ3n) is 10.1. The van der Waals surface area contributed by atoms with Gasteiger partial charge in [0, 0.05) is 52.5 Å². The Morgan fingerprint density at radius 1 is 1.00 bits per heavy atom. The third kappa shape index (κ3) is 12.3. The lowest BCUT2D eigenvalue weighted by Gasteiger charge is -2.30. The molecule has 58 heavy (non-hydrogen) atoms. The number of benzene rings is 2. The first-order valence-electron chi connectivity index (χ1n) is 19.9. The van der Waals surface area contributed by atoms with E-state index in [4.69, 9.17) is 0 Å². The molecule has 0 saturated heterocycles. The van der Waals surface area contributed by atoms with E-state index in [9.17, 15) is 23.6 Å². The summed E-state index contributed by atoms with van der Waals surface area (Å²) in [6.07, 6.45) is 11.9. The number of para-hydroxylation sites is 2. The normalized spacial score (nSPS) is 14.7. The van der Waals surface area contributed by atoms with E-state index in [1.165, 1.54) is 15.6 Å². The van der Waals surface area contributed by atoms with Gasteiger partial charge in [-0.25, -0.2) is 13.9 Å². The molecule has 1 saturated carbocycles. The van der Waals surface area contributed by atoms with Crippen LogP contribution in [0.15, 0.2) is 67.0 Å². The number of hydrogen-bond acceptors (Lipinski definition) is 11. The second-order valence-corrected chi connectivity index (χ2v) is 14.5. The summed E-state index contributed by atoms with van der Waals surface area (Å²) in [4.78, 5) is 56.7. The summed E-state index contributed by atoms with van der Waals surface area (Å²) < 4.78 is 13.2. The van der Waals surface area contributed by atoms with E-state index in [0.29, 0.717) is 59.8 Å². The quantitative estimate of drug-likeness (QED) is 0.0413. The minimum Gasteiger partial charge on any atom is -0.392 e. The fourth-order valence-corrected chi connectivity index (χ4v) is 6.68. The van der Waals surface area contributed by atoms with Gasteiger partial charge < -0.3 is 41.2 Å². The van der Waals surface area contributed by atoms with Crippen LogP contribution in [0.5, 0.6) is 0 Å². The zero-order valence-corrected chi connectivity index (χ0v) is 34.4. The van der Waals surface area contributed by atoms with Crippen molar-refractivity contribution in [1.29, 1.82) is 0 Å². The number of nitrogens with one attached hydrogen (secondary N) is 5. The zero-order chi connectivity index (χ0) is 42.0. The first kappa shape index (κ1) is 44.9. The molecule has 1 aliphatic rings. The number of fused-ring (bicyclic) bond motifs is 1. The van der Waals surface area contributed by atoms with Gasteiger partial charge in [0.25, 0.3) is 5.91 Å². The largest absolute Gasteiger partial charge is 0.392 e. The van der Waals surface area contributed by atoms with E-state index in [2.05, 4.69) is 49.3 Å². The lowest BCUT2D eigenvalue weighted by atomic mass is 10.0. The molecule has 0 spiro atoms. The van der Waals surface area contributed by atoms with Crippen molar-refractivity contribution in [3.63, 3.8) is 0 Å². The molecule has 2 amide bonds. The molecule has 4 aromatic rings. The Hall–Kier alpha value is -5.83. The average molecular weight is 799 g/mol. The zero-order valence-electron chi connectivity index (χ0n) is 34.4. The van der Waals surface area contributed by atoms with Crippen LogP contribution in [0.4, 0.5) is 33.0 Å². The highest BCUT2D eigenvalue weighted by Gasteiger charge is 2.35. The number of aldehydes is 2. The van der Waals surface area contributed by atoms with Crippen molar-refractivity contribution in [3.8, 4) is 0 Å². The number of hydrogen-bond donors (Lipinski definition) is 5. The summed E-state index contributed by atoms with van der Waals surface area (Å²) >= 11 is 0. The van der Waals surface area contributed by atoms with Crippen molar-refractivity contribution in [2.75, 3.05) is 62.2 Å². The van der Waals surface area contributed by atoms with Crippen LogP contribution < -0.4 is 36.4 Å². The van der Waals surface area contributed by atoms with Crippen LogP contribution in [0.3, 0.4) is 0 Å². The summed E-state index contributed by atoms with van der Waals surface area (Å²) in [7, 11) is 9.26. The van der Waals surface area contributed by atoms with Crippen molar-refractivity contribution in [3.05, 3.63) is 83.8 Å². The summed E-state index contributed by atoms with van der Waals surface area (Å²) in [6.45, 7) is 4.51. The number of nitrogens with zero attached hydrogens (tertiary/aromatic N) is 5. The third-order valence-corrected chi connectivity index (χ3v) is 10.1. The van der Waals surface area contributed by atoms with Crippen molar-refractivity contribution < 1.29 is 23.6 Å². The molecule has 1 unspecified atom stereocenters. The smallest absolute Gasteiger partial charge is 0.253 e. The Bertz CT molecular complexity index is 1980. The fourth-order valence-electron chi connectivity index (χ4n) is 6.68. The Balaban J connectivity index is 0.00000113. The minimum absolute atomic E-state index is 0.177. The Morgan fingerprint density at radius 2 is 1.72 bits per heavy atom. The second-order valence-electron chi connectivity index (χ2n) is 14.5. The number of carbonyl (C=O) groups excluding carboxylic acids is 4. The number of amides is 2. The van der Waals surface area contributed by atoms with Gasteiger partial charge >= 0.3 is 0 Å². The van der Waals surface area contributed by atoms with Gasteiger partial charge in [-0.1, -0.05) is 56.5 Å². The van der Waals surface area contributed by atoms with Gasteiger partial charge in [-0.2, -0.15) is 0 Å². The van der Waals surface area contributed by atoms with Crippen LogP contribution in [0, 0.1) is 0 Å². The molecule has 0 radical (unpaired) electrons. The van der Waals surface area contributed by atoms with Crippen molar-refractivity contribution in [2.24, 2.45) is 0 Å². The molecule has 5 rings (SSSR count). The van der Waals surface area contributed by atoms with E-state index in [1.807, 2.05) is 49.3 Å². The highest BCUT2D eigenvalue weighted by Crippen LogP contribution is 2.34. The number of aryl methyl sites for hydroxylation is 1. The number of rotatable bonds is 24. The SMILES string of the molecule is C=C(CCC(C=O)N(C=O)c1cccc(CCCCCCCCNC(=O)c2ccccc2Nc2cc(NC)c3ncc(C=O)n3n2)c1N(C)C)NC.CN[C@@H]1C[C@@H]1F. The van der Waals surface area contributed by atoms with Crippen molar-refractivity contribution in [1.82, 2.24) is 30.5 Å². The molecule has 15 heteroatoms. The van der Waals surface area contributed by atoms with Gasteiger partial charge in [-0.15, -0.1) is 5.10 Å². The molecule has 312 valence electrons. The van der Waals surface area contributed by atoms with Crippen molar-refractivity contribution in [2.45, 2.75) is 82.5 Å². The van der Waals surface area contributed by atoms with Crippen LogP contribution in [-0.4, -0.2) is 99.5 Å². The Labute approximate surface area is 341 Å². The molecule has 2 aromatic heterocycles. The van der Waals surface area contributed by atoms with Gasteiger partial charge in [-0.3, -0.25) is 14.4 Å². The van der Waals surface area contributed by atoms with Gasteiger partial charge in [0.1, 0.15) is 18.2 Å². The van der Waals surface area contributed by atoms with Crippen LogP contribution in [0.25, 0.3) is 5.65 Å². The molecule has 0 bridgehead atoms. The molecular weight excluding hydrogens is 740 g/mol. The highest BCUT2D eigenvalue weighted by molar-refractivity contribution is 6.00. The molecule has 14 nitrogen and oxygen atoms in total. The molecule has 5 N–H and O–H groups in total. The molecule has 0 aliphatic heterocycles. The van der Waals surface area contributed by atoms with Crippen LogP contribution >= 0.6 is 0 Å². The van der Waals surface area contributed by atoms with Gasteiger partial charge in [0.2, 0.25) is 6.41 Å². The number of alkyl halides is 1. The maximum Gasteiger partial charge on any atom is 0.253 e. The molecule has 2 heterocycles. The topological polar surface area (TPSA) is 165 Å². The maximum atomic E-state index is 13.2. The minimum atomic E-state index is -0.584. The predicted octanol–water partition coefficient (Wildman–Crippen LogP) is 6.07. The predicted molar refractivity (Wildman–Crippen MR) is 230 cm³/mol. The molecule has 1 fully saturated rings. The summed E-state index contributed by atoms with van der Waals surface area (Å²) in [5.41, 5.74) is 6.27. The van der Waals surface area contributed by atoms with Crippen LogP contribution in [0.2, 0.25) is 0 Å². The van der Waals surface area contributed by atoms with Gasteiger partial charge in [0.15, 0.2) is 17.8 Å². The second kappa shape index (κ2) is 22.8. The van der Waals surface area contributed by atoms with Crippen LogP contribution in [-0.2, 0) is 16.0 Å². The van der Waals surface area contributed by atoms with Crippen LogP contribution in [0.1, 0.15) is 84.2 Å². The molecule has 3 atom stereocenters. The van der Waals surface area contributed by atoms with E-state index in [0.717, 1.165) is 86.7 Å². The first-order valence-corrected chi connectivity index (χ1v) is 19.9. The lowest BCUT2D eigenvalue weighted by Crippen LogP contribution is -2.37. The number of halogens is 1. The van der Waals surface area contributed by atoms with E-state index in [-0.39, 0.29) is 11.9 Å². The Kier molecular flexibility index (Phi) is 17.6. The van der Waals surface area contributed by atoms with Gasteiger partial charge in [-0.05, 0) is 69.3 Å². The molecular formula is C43H59FN10O4. The average Bonchev–Trinajstić information content (AvgIpc) is 3.81. The number of aromatic nitrogens is 3. The van der Waals surface area contributed by atoms with Gasteiger partial charge in [0.05, 0.1) is 40.6 Å². The number of allylic oxidation sites excluding steroid dienone is 1. The first-order chi connectivity index (χ1) is 28.1. The summed E-state index contributed by atoms with van der Waals surface area (Å²) in [5, 5.41) is 19.7. The number of carbonyl (C=O) groups is 4. The summed E-state index contributed by atoms with van der Waals surface area (Å²) in [6, 6.07) is 14.6. The van der Waals surface area contributed by atoms with E-state index < -0.39 is 12.2 Å². The number of anilines is 5. The Morgan fingerprint density at radius 3 is 2.34 bits per heavy atom. The number of unbranched alkanes of at least 4 members (excludes halogenated alkanes) is 5. The summed E-state index contributed by atoms with van der Waals surface area (Å²) in [5.74, 6) is 0.283. The van der Waals surface area contributed by atoms with Crippen molar-refractivity contribution >= 4 is 59.1 Å². The van der Waals surface area contributed by atoms with E-state index >= 15 is 0 Å². The number of imidazole rings is 1. The van der Waals surface area contributed by atoms with E-state index in [1.54, 1.807) is 33.3 Å². The fraction of sp³-hybridized carbons (Fsp3) is 0.442. The molecule has 2 aromatic carbocycles.